The third kappa shape index (κ3) is 12.2. The lowest BCUT2D eigenvalue weighted by Gasteiger charge is -2.32. The number of amides is 7. The van der Waals surface area contributed by atoms with Gasteiger partial charge in [0.1, 0.15) is 18.7 Å². The number of hydrogen-bond donors (Lipinski definition) is 9. The quantitative estimate of drug-likeness (QED) is 0.117. The molecule has 4 rings (SSSR count). The Bertz CT molecular complexity index is 1640. The fourth-order valence-electron chi connectivity index (χ4n) is 5.84. The summed E-state index contributed by atoms with van der Waals surface area (Å²) in [5.41, 5.74) is 18.2. The van der Waals surface area contributed by atoms with Gasteiger partial charge in [-0.15, -0.1) is 0 Å². The molecule has 2 aromatic rings. The number of nitrogens with two attached hydrogens (primary N) is 2. The van der Waals surface area contributed by atoms with Crippen LogP contribution in [0.3, 0.4) is 0 Å². The van der Waals surface area contributed by atoms with E-state index in [1.165, 1.54) is 0 Å². The molecular formula is C35H48Cl2N10O7. The van der Waals surface area contributed by atoms with Gasteiger partial charge in [0.05, 0.1) is 27.7 Å². The molecule has 2 aliphatic heterocycles. The van der Waals surface area contributed by atoms with Crippen molar-refractivity contribution in [2.75, 3.05) is 31.5 Å². The van der Waals surface area contributed by atoms with Crippen LogP contribution in [0.4, 0.5) is 15.3 Å². The highest BCUT2D eigenvalue weighted by Crippen LogP contribution is 2.24. The van der Waals surface area contributed by atoms with Gasteiger partial charge >= 0.3 is 12.1 Å². The zero-order valence-corrected chi connectivity index (χ0v) is 31.6. The SMILES string of the molecule is CC(C)[C@H](N)C(=O)N[C@@H](CCCNC(N)=O)C(=O)Nc1ccc(COC(=O)N2CCC(NC(=O)C3NNCC3NC(=O)c3c(Cl)cccc3Cl)CC2)cc1. The first kappa shape index (κ1) is 42.1. The highest BCUT2D eigenvalue weighted by atomic mass is 35.5. The zero-order chi connectivity index (χ0) is 39.4. The van der Waals surface area contributed by atoms with E-state index in [9.17, 15) is 28.8 Å². The number of carbonyl (C=O) groups is 6. The van der Waals surface area contributed by atoms with Crippen molar-refractivity contribution in [3.05, 3.63) is 63.6 Å². The molecule has 2 aliphatic rings. The standard InChI is InChI=1S/C35H48Cl2N10O7/c1-19(2)28(38)32(50)44-25(7-4-14-40-34(39)52)30(48)42-21-10-8-20(9-11-21)18-54-35(53)47-15-12-22(13-16-47)43-33(51)29-26(17-41-46-29)45-31(49)27-23(36)5-3-6-24(27)37/h3,5-6,8-11,19,22,25-26,28-29,41,46H,4,7,12-18,38H2,1-2H3,(H,42,48)(H,43,51)(H,44,50)(H,45,49)(H3,39,40,52)/t25-,26?,28-,29?/m0/s1. The van der Waals surface area contributed by atoms with Crippen LogP contribution in [0, 0.1) is 5.92 Å². The molecule has 0 spiro atoms. The molecule has 54 heavy (non-hydrogen) atoms. The predicted octanol–water partition coefficient (Wildman–Crippen LogP) is 1.34. The molecule has 19 heteroatoms. The highest BCUT2D eigenvalue weighted by molar-refractivity contribution is 6.39. The Morgan fingerprint density at radius 3 is 2.26 bits per heavy atom. The van der Waals surface area contributed by atoms with Crippen molar-refractivity contribution in [3.63, 3.8) is 0 Å². The zero-order valence-electron chi connectivity index (χ0n) is 30.1. The van der Waals surface area contributed by atoms with Crippen LogP contribution in [0.25, 0.3) is 0 Å². The second-order valence-corrected chi connectivity index (χ2v) is 14.3. The van der Waals surface area contributed by atoms with E-state index in [0.717, 1.165) is 0 Å². The largest absolute Gasteiger partial charge is 0.445 e. The number of ether oxygens (including phenoxy) is 1. The summed E-state index contributed by atoms with van der Waals surface area (Å²) >= 11 is 12.3. The predicted molar refractivity (Wildman–Crippen MR) is 202 cm³/mol. The Hall–Kier alpha value is -4.68. The van der Waals surface area contributed by atoms with Crippen molar-refractivity contribution >= 4 is 64.6 Å². The van der Waals surface area contributed by atoms with Crippen LogP contribution in [0.5, 0.6) is 0 Å². The molecule has 0 bridgehead atoms. The lowest BCUT2D eigenvalue weighted by Crippen LogP contribution is -2.56. The summed E-state index contributed by atoms with van der Waals surface area (Å²) in [5.74, 6) is -1.85. The number of hydrazine groups is 1. The van der Waals surface area contributed by atoms with Gasteiger partial charge in [-0.25, -0.2) is 15.0 Å². The first-order chi connectivity index (χ1) is 25.7. The number of urea groups is 1. The number of halogens is 2. The fraction of sp³-hybridized carbons (Fsp3) is 0.486. The number of nitrogens with one attached hydrogen (secondary N) is 7. The van der Waals surface area contributed by atoms with E-state index >= 15 is 0 Å². The van der Waals surface area contributed by atoms with E-state index in [1.54, 1.807) is 61.2 Å². The fourth-order valence-corrected chi connectivity index (χ4v) is 6.41. The molecule has 2 fully saturated rings. The van der Waals surface area contributed by atoms with E-state index in [-0.39, 0.29) is 53.0 Å². The number of piperidine rings is 1. The monoisotopic (exact) mass is 790 g/mol. The average Bonchev–Trinajstić information content (AvgIpc) is 3.60. The minimum absolute atomic E-state index is 0.00474. The van der Waals surface area contributed by atoms with E-state index in [1.807, 2.05) is 0 Å². The Morgan fingerprint density at radius 2 is 1.63 bits per heavy atom. The summed E-state index contributed by atoms with van der Waals surface area (Å²) in [7, 11) is 0. The Labute approximate surface area is 323 Å². The smallest absolute Gasteiger partial charge is 0.410 e. The maximum absolute atomic E-state index is 13.1. The number of rotatable bonds is 15. The molecule has 2 aromatic carbocycles. The molecule has 11 N–H and O–H groups in total. The number of anilines is 1. The number of likely N-dealkylation sites (tertiary alicyclic amines) is 1. The van der Waals surface area contributed by atoms with Gasteiger partial charge in [-0.2, -0.15) is 0 Å². The molecule has 4 atom stereocenters. The third-order valence-corrected chi connectivity index (χ3v) is 9.71. The molecule has 2 unspecified atom stereocenters. The number of carbonyl (C=O) groups excluding carboxylic acids is 6. The summed E-state index contributed by atoms with van der Waals surface area (Å²) in [4.78, 5) is 77.1. The van der Waals surface area contributed by atoms with Crippen molar-refractivity contribution in [3.8, 4) is 0 Å². The molecule has 2 saturated heterocycles. The molecule has 0 saturated carbocycles. The number of primary amides is 1. The summed E-state index contributed by atoms with van der Waals surface area (Å²) < 4.78 is 5.52. The Morgan fingerprint density at radius 1 is 0.963 bits per heavy atom. The van der Waals surface area contributed by atoms with Crippen LogP contribution in [-0.2, 0) is 25.7 Å². The van der Waals surface area contributed by atoms with Crippen LogP contribution in [-0.4, -0.2) is 97.0 Å². The summed E-state index contributed by atoms with van der Waals surface area (Å²) in [5, 5.41) is 14.2. The molecule has 294 valence electrons. The first-order valence-electron chi connectivity index (χ1n) is 17.7. The second-order valence-electron chi connectivity index (χ2n) is 13.5. The summed E-state index contributed by atoms with van der Waals surface area (Å²) in [6, 6.07) is 7.59. The van der Waals surface area contributed by atoms with Crippen molar-refractivity contribution in [1.82, 2.24) is 37.0 Å². The molecule has 0 aliphatic carbocycles. The highest BCUT2D eigenvalue weighted by Gasteiger charge is 2.36. The third-order valence-electron chi connectivity index (χ3n) is 9.08. The molecule has 0 radical (unpaired) electrons. The minimum Gasteiger partial charge on any atom is -0.445 e. The van der Waals surface area contributed by atoms with E-state index in [4.69, 9.17) is 39.4 Å². The topological polar surface area (TPSA) is 251 Å². The number of hydrogen-bond acceptors (Lipinski definition) is 10. The summed E-state index contributed by atoms with van der Waals surface area (Å²) in [6.45, 7) is 4.87. The first-order valence-corrected chi connectivity index (χ1v) is 18.4. The number of benzene rings is 2. The maximum Gasteiger partial charge on any atom is 0.410 e. The van der Waals surface area contributed by atoms with Gasteiger partial charge in [0.25, 0.3) is 5.91 Å². The molecular weight excluding hydrogens is 743 g/mol. The van der Waals surface area contributed by atoms with Gasteiger partial charge in [0, 0.05) is 37.9 Å². The Kier molecular flexibility index (Phi) is 15.7. The number of nitrogens with zero attached hydrogens (tertiary/aromatic N) is 1. The molecule has 7 amide bonds. The molecule has 2 heterocycles. The lowest BCUT2D eigenvalue weighted by molar-refractivity contribution is -0.128. The van der Waals surface area contributed by atoms with Gasteiger partial charge in [0.2, 0.25) is 17.7 Å². The van der Waals surface area contributed by atoms with Crippen LogP contribution in [0.2, 0.25) is 10.0 Å². The van der Waals surface area contributed by atoms with Crippen molar-refractivity contribution < 1.29 is 33.5 Å². The van der Waals surface area contributed by atoms with Gasteiger partial charge in [-0.1, -0.05) is 55.2 Å². The normalized spacial score (nSPS) is 18.3. The van der Waals surface area contributed by atoms with Gasteiger partial charge in [0.15, 0.2) is 0 Å². The van der Waals surface area contributed by atoms with Crippen molar-refractivity contribution in [2.24, 2.45) is 17.4 Å². The van der Waals surface area contributed by atoms with E-state index in [2.05, 4.69) is 37.4 Å². The second kappa shape index (κ2) is 20.1. The average molecular weight is 792 g/mol. The minimum atomic E-state index is -0.906. The molecule has 17 nitrogen and oxygen atoms in total. The van der Waals surface area contributed by atoms with E-state index < -0.39 is 54.0 Å². The molecule has 0 aromatic heterocycles. The van der Waals surface area contributed by atoms with Crippen molar-refractivity contribution in [1.29, 1.82) is 0 Å². The van der Waals surface area contributed by atoms with Crippen LogP contribution in [0.15, 0.2) is 42.5 Å². The lowest BCUT2D eigenvalue weighted by atomic mass is 10.0. The van der Waals surface area contributed by atoms with Crippen LogP contribution >= 0.6 is 23.2 Å². The Balaban J connectivity index is 1.20. The van der Waals surface area contributed by atoms with Crippen molar-refractivity contribution in [2.45, 2.75) is 76.3 Å². The van der Waals surface area contributed by atoms with E-state index in [0.29, 0.717) is 50.1 Å². The van der Waals surface area contributed by atoms with Gasteiger partial charge in [-0.3, -0.25) is 24.6 Å². The van der Waals surface area contributed by atoms with Crippen LogP contribution < -0.4 is 48.9 Å². The summed E-state index contributed by atoms with van der Waals surface area (Å²) in [6.07, 6.45) is 1.14. The van der Waals surface area contributed by atoms with Crippen LogP contribution in [0.1, 0.15) is 55.5 Å². The maximum atomic E-state index is 13.1. The van der Waals surface area contributed by atoms with Gasteiger partial charge < -0.3 is 47.7 Å². The van der Waals surface area contributed by atoms with Gasteiger partial charge in [-0.05, 0) is 61.4 Å².